The number of aliphatic hydroxyl groups is 1. The molecule has 0 amide bonds. The maximum atomic E-state index is 11.1. The van der Waals surface area contributed by atoms with Crippen molar-refractivity contribution in [2.45, 2.75) is 38.2 Å². The first-order chi connectivity index (χ1) is 7.58. The molecule has 1 aliphatic carbocycles. The average molecular weight is 220 g/mol. The van der Waals surface area contributed by atoms with Crippen LogP contribution in [0.1, 0.15) is 36.5 Å². The highest BCUT2D eigenvalue weighted by molar-refractivity contribution is 5.79. The molecule has 16 heavy (non-hydrogen) atoms. The maximum Gasteiger partial charge on any atom is 0.340 e. The Bertz CT molecular complexity index is 425. The summed E-state index contributed by atoms with van der Waals surface area (Å²) in [5, 5.41) is 19.2. The van der Waals surface area contributed by atoms with Gasteiger partial charge in [-0.25, -0.2) is 4.79 Å². The number of aryl methyl sites for hydroxylation is 2. The summed E-state index contributed by atoms with van der Waals surface area (Å²) in [6.07, 6.45) is 3.35. The van der Waals surface area contributed by atoms with Crippen LogP contribution in [0.2, 0.25) is 0 Å². The summed E-state index contributed by atoms with van der Waals surface area (Å²) in [6, 6.07) is 5.53. The summed E-state index contributed by atoms with van der Waals surface area (Å²) in [5.74, 6) is -1.17. The van der Waals surface area contributed by atoms with E-state index < -0.39 is 11.6 Å². The van der Waals surface area contributed by atoms with Crippen molar-refractivity contribution in [2.24, 2.45) is 0 Å². The molecule has 1 atom stereocenters. The highest BCUT2D eigenvalue weighted by Crippen LogP contribution is 2.30. The lowest BCUT2D eigenvalue weighted by atomic mass is 9.89. The third-order valence-electron chi connectivity index (χ3n) is 3.44. The van der Waals surface area contributed by atoms with Crippen LogP contribution in [-0.4, -0.2) is 16.2 Å². The van der Waals surface area contributed by atoms with Crippen molar-refractivity contribution in [2.75, 3.05) is 0 Å². The van der Waals surface area contributed by atoms with E-state index in [1.807, 2.05) is 12.1 Å². The highest BCUT2D eigenvalue weighted by Gasteiger charge is 2.36. The van der Waals surface area contributed by atoms with Gasteiger partial charge in [0.15, 0.2) is 5.60 Å². The summed E-state index contributed by atoms with van der Waals surface area (Å²) in [6.45, 7) is 1.68. The number of rotatable bonds is 3. The lowest BCUT2D eigenvalue weighted by Gasteiger charge is -2.22. The van der Waals surface area contributed by atoms with Crippen LogP contribution in [0, 0.1) is 0 Å². The molecule has 2 N–H and O–H groups in total. The SMILES string of the molecule is CCC(O)(C(=O)O)c1ccc2c(c1)CCC2. The smallest absolute Gasteiger partial charge is 0.340 e. The van der Waals surface area contributed by atoms with Crippen LogP contribution in [0.5, 0.6) is 0 Å². The van der Waals surface area contributed by atoms with Crippen molar-refractivity contribution in [3.63, 3.8) is 0 Å². The van der Waals surface area contributed by atoms with Gasteiger partial charge < -0.3 is 10.2 Å². The van der Waals surface area contributed by atoms with Crippen LogP contribution in [-0.2, 0) is 23.2 Å². The van der Waals surface area contributed by atoms with Gasteiger partial charge in [-0.1, -0.05) is 25.1 Å². The largest absolute Gasteiger partial charge is 0.479 e. The number of carbonyl (C=O) groups is 1. The molecule has 0 saturated carbocycles. The Kier molecular flexibility index (Phi) is 2.72. The Hall–Kier alpha value is -1.35. The molecule has 0 spiro atoms. The first-order valence-electron chi connectivity index (χ1n) is 5.66. The second-order valence-corrected chi connectivity index (χ2v) is 4.36. The predicted molar refractivity (Wildman–Crippen MR) is 60.3 cm³/mol. The van der Waals surface area contributed by atoms with Crippen LogP contribution in [0.3, 0.4) is 0 Å². The molecule has 1 aliphatic rings. The van der Waals surface area contributed by atoms with Gasteiger partial charge in [0.1, 0.15) is 0 Å². The molecular weight excluding hydrogens is 204 g/mol. The van der Waals surface area contributed by atoms with Gasteiger partial charge in [0.25, 0.3) is 0 Å². The minimum atomic E-state index is -1.74. The van der Waals surface area contributed by atoms with Crippen LogP contribution >= 0.6 is 0 Å². The first kappa shape index (κ1) is 11.1. The third kappa shape index (κ3) is 1.61. The number of hydrogen-bond acceptors (Lipinski definition) is 2. The highest BCUT2D eigenvalue weighted by atomic mass is 16.4. The minimum Gasteiger partial charge on any atom is -0.479 e. The Labute approximate surface area is 94.7 Å². The fraction of sp³-hybridized carbons (Fsp3) is 0.462. The standard InChI is InChI=1S/C13H16O3/c1-2-13(16,12(14)15)11-7-6-9-4-3-5-10(9)8-11/h6-8,16H,2-5H2,1H3,(H,14,15). The van der Waals surface area contributed by atoms with Crippen LogP contribution in [0.4, 0.5) is 0 Å². The van der Waals surface area contributed by atoms with E-state index in [9.17, 15) is 9.90 Å². The van der Waals surface area contributed by atoms with Gasteiger partial charge in [0.2, 0.25) is 0 Å². The zero-order valence-corrected chi connectivity index (χ0v) is 9.36. The van der Waals surface area contributed by atoms with E-state index in [4.69, 9.17) is 5.11 Å². The van der Waals surface area contributed by atoms with Gasteiger partial charge in [-0.05, 0) is 42.4 Å². The fourth-order valence-electron chi connectivity index (χ4n) is 2.31. The second kappa shape index (κ2) is 3.91. The van der Waals surface area contributed by atoms with Gasteiger partial charge in [0.05, 0.1) is 0 Å². The number of carboxylic acid groups (broad SMARTS) is 1. The Morgan fingerprint density at radius 2 is 2.06 bits per heavy atom. The molecule has 0 aliphatic heterocycles. The molecule has 86 valence electrons. The van der Waals surface area contributed by atoms with E-state index in [0.29, 0.717) is 5.56 Å². The van der Waals surface area contributed by atoms with Gasteiger partial charge in [0, 0.05) is 0 Å². The Morgan fingerprint density at radius 3 is 2.69 bits per heavy atom. The van der Waals surface area contributed by atoms with Gasteiger partial charge in [-0.15, -0.1) is 0 Å². The molecule has 1 aromatic rings. The minimum absolute atomic E-state index is 0.182. The van der Waals surface area contributed by atoms with E-state index in [1.54, 1.807) is 13.0 Å². The van der Waals surface area contributed by atoms with Gasteiger partial charge in [-0.3, -0.25) is 0 Å². The molecular formula is C13H16O3. The average Bonchev–Trinajstić information content (AvgIpc) is 2.74. The van der Waals surface area contributed by atoms with Gasteiger partial charge in [-0.2, -0.15) is 0 Å². The monoisotopic (exact) mass is 220 g/mol. The van der Waals surface area contributed by atoms with Crippen molar-refractivity contribution in [1.29, 1.82) is 0 Å². The zero-order valence-electron chi connectivity index (χ0n) is 9.36. The number of fused-ring (bicyclic) bond motifs is 1. The van der Waals surface area contributed by atoms with Crippen LogP contribution in [0.15, 0.2) is 18.2 Å². The van der Waals surface area contributed by atoms with Crippen molar-refractivity contribution >= 4 is 5.97 Å². The van der Waals surface area contributed by atoms with Crippen LogP contribution < -0.4 is 0 Å². The van der Waals surface area contributed by atoms with Crippen LogP contribution in [0.25, 0.3) is 0 Å². The fourth-order valence-corrected chi connectivity index (χ4v) is 2.31. The first-order valence-corrected chi connectivity index (χ1v) is 5.66. The van der Waals surface area contributed by atoms with E-state index >= 15 is 0 Å². The second-order valence-electron chi connectivity index (χ2n) is 4.36. The Balaban J connectivity index is 2.44. The zero-order chi connectivity index (χ0) is 11.8. The van der Waals surface area contributed by atoms with Crippen molar-refractivity contribution in [3.05, 3.63) is 34.9 Å². The topological polar surface area (TPSA) is 57.5 Å². The van der Waals surface area contributed by atoms with E-state index in [0.717, 1.165) is 19.3 Å². The Morgan fingerprint density at radius 1 is 1.38 bits per heavy atom. The number of aliphatic carboxylic acids is 1. The van der Waals surface area contributed by atoms with Crippen molar-refractivity contribution in [3.8, 4) is 0 Å². The molecule has 1 unspecified atom stereocenters. The summed E-state index contributed by atoms with van der Waals surface area (Å²) < 4.78 is 0. The lowest BCUT2D eigenvalue weighted by molar-refractivity contribution is -0.160. The molecule has 1 aromatic carbocycles. The molecule has 0 bridgehead atoms. The number of carboxylic acids is 1. The molecule has 0 aromatic heterocycles. The lowest BCUT2D eigenvalue weighted by Crippen LogP contribution is -2.34. The summed E-state index contributed by atoms with van der Waals surface area (Å²) in [5.41, 5.74) is 1.24. The molecule has 3 heteroatoms. The molecule has 0 heterocycles. The van der Waals surface area contributed by atoms with E-state index in [2.05, 4.69) is 0 Å². The molecule has 0 saturated heterocycles. The normalized spacial score (nSPS) is 17.9. The van der Waals surface area contributed by atoms with Crippen molar-refractivity contribution < 1.29 is 15.0 Å². The third-order valence-corrected chi connectivity index (χ3v) is 3.44. The maximum absolute atomic E-state index is 11.1. The van der Waals surface area contributed by atoms with E-state index in [1.165, 1.54) is 11.1 Å². The van der Waals surface area contributed by atoms with E-state index in [-0.39, 0.29) is 6.42 Å². The quantitative estimate of drug-likeness (QED) is 0.817. The molecule has 2 rings (SSSR count). The molecule has 0 fully saturated rings. The van der Waals surface area contributed by atoms with Crippen molar-refractivity contribution in [1.82, 2.24) is 0 Å². The molecule has 3 nitrogen and oxygen atoms in total. The summed E-state index contributed by atoms with van der Waals surface area (Å²) in [7, 11) is 0. The molecule has 0 radical (unpaired) electrons. The van der Waals surface area contributed by atoms with Gasteiger partial charge >= 0.3 is 5.97 Å². The number of hydrogen-bond donors (Lipinski definition) is 2. The predicted octanol–water partition coefficient (Wildman–Crippen LogP) is 1.86. The number of benzene rings is 1. The summed E-state index contributed by atoms with van der Waals surface area (Å²) in [4.78, 5) is 11.1. The summed E-state index contributed by atoms with van der Waals surface area (Å²) >= 11 is 0.